The number of hydrogen-bond acceptors (Lipinski definition) is 2. The minimum Gasteiger partial charge on any atom is -0.464 e. The van der Waals surface area contributed by atoms with Crippen molar-refractivity contribution in [1.29, 1.82) is 0 Å². The van der Waals surface area contributed by atoms with Crippen LogP contribution in [0.2, 0.25) is 0 Å². The van der Waals surface area contributed by atoms with Crippen molar-refractivity contribution in [2.45, 2.75) is 40.3 Å². The van der Waals surface area contributed by atoms with Gasteiger partial charge >= 0.3 is 0 Å². The van der Waals surface area contributed by atoms with Crippen LogP contribution in [0.4, 0.5) is 0 Å². The molecule has 1 amide bonds. The van der Waals surface area contributed by atoms with Crippen LogP contribution in [-0.2, 0) is 6.54 Å². The number of hydrogen-bond donors (Lipinski definition) is 0. The molecule has 0 aliphatic heterocycles. The molecule has 1 aromatic heterocycles. The molecule has 0 saturated carbocycles. The van der Waals surface area contributed by atoms with E-state index < -0.39 is 0 Å². The summed E-state index contributed by atoms with van der Waals surface area (Å²) >= 11 is 3.48. The predicted molar refractivity (Wildman–Crippen MR) is 87.3 cm³/mol. The van der Waals surface area contributed by atoms with Crippen molar-refractivity contribution in [3.8, 4) is 0 Å². The number of furan rings is 1. The highest BCUT2D eigenvalue weighted by Crippen LogP contribution is 2.22. The fourth-order valence-electron chi connectivity index (χ4n) is 2.22. The van der Waals surface area contributed by atoms with Gasteiger partial charge in [0.15, 0.2) is 0 Å². The average Bonchev–Trinajstić information content (AvgIpc) is 2.84. The third kappa shape index (κ3) is 3.56. The fraction of sp³-hybridized carbons (Fsp3) is 0.353. The van der Waals surface area contributed by atoms with Gasteiger partial charge in [0, 0.05) is 16.1 Å². The maximum atomic E-state index is 12.8. The molecular formula is C17H20BrNO2. The summed E-state index contributed by atoms with van der Waals surface area (Å²) in [5.41, 5.74) is 1.69. The van der Waals surface area contributed by atoms with Gasteiger partial charge in [0.2, 0.25) is 0 Å². The van der Waals surface area contributed by atoms with E-state index in [2.05, 4.69) is 15.9 Å². The van der Waals surface area contributed by atoms with E-state index in [0.717, 1.165) is 27.1 Å². The van der Waals surface area contributed by atoms with E-state index in [4.69, 9.17) is 4.42 Å². The third-order valence-corrected chi connectivity index (χ3v) is 4.36. The zero-order valence-electron chi connectivity index (χ0n) is 12.8. The van der Waals surface area contributed by atoms with E-state index in [9.17, 15) is 4.79 Å². The van der Waals surface area contributed by atoms with E-state index in [1.54, 1.807) is 0 Å². The van der Waals surface area contributed by atoms with Gasteiger partial charge in [0.1, 0.15) is 11.5 Å². The Labute approximate surface area is 134 Å². The molecule has 21 heavy (non-hydrogen) atoms. The zero-order chi connectivity index (χ0) is 15.6. The van der Waals surface area contributed by atoms with Crippen LogP contribution < -0.4 is 0 Å². The number of amides is 1. The first-order chi connectivity index (χ1) is 9.90. The van der Waals surface area contributed by atoms with E-state index in [1.165, 1.54) is 0 Å². The van der Waals surface area contributed by atoms with Gasteiger partial charge in [-0.2, -0.15) is 0 Å². The Hall–Kier alpha value is -1.55. The lowest BCUT2D eigenvalue weighted by molar-refractivity contribution is 0.0674. The highest BCUT2D eigenvalue weighted by molar-refractivity contribution is 9.10. The molecule has 0 atom stereocenters. The van der Waals surface area contributed by atoms with Crippen LogP contribution in [0.15, 0.2) is 39.2 Å². The number of rotatable bonds is 4. The summed E-state index contributed by atoms with van der Waals surface area (Å²) in [7, 11) is 0. The molecule has 0 fully saturated rings. The molecule has 0 N–H and O–H groups in total. The average molecular weight is 350 g/mol. The molecule has 2 rings (SSSR count). The number of carbonyl (C=O) groups excluding carboxylic acids is 1. The zero-order valence-corrected chi connectivity index (χ0v) is 14.4. The normalized spacial score (nSPS) is 11.0. The minimum atomic E-state index is 0.0258. The van der Waals surface area contributed by atoms with Gasteiger partial charge in [-0.1, -0.05) is 22.0 Å². The second-order valence-corrected chi connectivity index (χ2v) is 6.31. The van der Waals surface area contributed by atoms with Crippen molar-refractivity contribution < 1.29 is 9.21 Å². The Morgan fingerprint density at radius 1 is 1.24 bits per heavy atom. The van der Waals surface area contributed by atoms with Crippen LogP contribution in [0.1, 0.15) is 41.3 Å². The third-order valence-electron chi connectivity index (χ3n) is 3.50. The molecule has 1 aromatic carbocycles. The SMILES string of the molecule is Cc1ccc(CN(C(=O)c2cccc(Br)c2C)C(C)C)o1. The van der Waals surface area contributed by atoms with Crippen LogP contribution in [0, 0.1) is 13.8 Å². The molecular weight excluding hydrogens is 330 g/mol. The Balaban J connectivity index is 2.29. The largest absolute Gasteiger partial charge is 0.464 e. The summed E-state index contributed by atoms with van der Waals surface area (Å²) in [5, 5.41) is 0. The van der Waals surface area contributed by atoms with Crippen molar-refractivity contribution >= 4 is 21.8 Å². The fourth-order valence-corrected chi connectivity index (χ4v) is 2.59. The molecule has 0 saturated heterocycles. The lowest BCUT2D eigenvalue weighted by Gasteiger charge is -2.26. The van der Waals surface area contributed by atoms with Crippen LogP contribution in [-0.4, -0.2) is 16.8 Å². The van der Waals surface area contributed by atoms with Crippen molar-refractivity contribution in [2.75, 3.05) is 0 Å². The molecule has 0 bridgehead atoms. The first-order valence-corrected chi connectivity index (χ1v) is 7.81. The summed E-state index contributed by atoms with van der Waals surface area (Å²) in [4.78, 5) is 14.7. The Morgan fingerprint density at radius 3 is 2.52 bits per heavy atom. The van der Waals surface area contributed by atoms with E-state index in [1.807, 2.05) is 62.9 Å². The molecule has 4 heteroatoms. The number of carbonyl (C=O) groups is 1. The number of aryl methyl sites for hydroxylation is 1. The topological polar surface area (TPSA) is 33.5 Å². The van der Waals surface area contributed by atoms with E-state index in [-0.39, 0.29) is 11.9 Å². The molecule has 1 heterocycles. The Bertz CT molecular complexity index is 646. The quantitative estimate of drug-likeness (QED) is 0.800. The van der Waals surface area contributed by atoms with Crippen LogP contribution in [0.5, 0.6) is 0 Å². The molecule has 0 aliphatic carbocycles. The molecule has 0 aliphatic rings. The van der Waals surface area contributed by atoms with Crippen molar-refractivity contribution in [3.05, 3.63) is 57.5 Å². The van der Waals surface area contributed by atoms with E-state index in [0.29, 0.717) is 6.54 Å². The maximum Gasteiger partial charge on any atom is 0.254 e. The lowest BCUT2D eigenvalue weighted by atomic mass is 10.1. The molecule has 2 aromatic rings. The highest BCUT2D eigenvalue weighted by Gasteiger charge is 2.22. The van der Waals surface area contributed by atoms with Gasteiger partial charge in [-0.25, -0.2) is 0 Å². The molecule has 0 radical (unpaired) electrons. The standard InChI is InChI=1S/C17H20BrNO2/c1-11(2)19(10-14-9-8-12(3)21-14)17(20)15-6-5-7-16(18)13(15)4/h5-9,11H,10H2,1-4H3. The second kappa shape index (κ2) is 6.48. The summed E-state index contributed by atoms with van der Waals surface area (Å²) in [6.07, 6.45) is 0. The van der Waals surface area contributed by atoms with Gasteiger partial charge in [-0.15, -0.1) is 0 Å². The lowest BCUT2D eigenvalue weighted by Crippen LogP contribution is -2.36. The molecule has 0 unspecified atom stereocenters. The smallest absolute Gasteiger partial charge is 0.254 e. The van der Waals surface area contributed by atoms with Gasteiger partial charge in [-0.3, -0.25) is 4.79 Å². The predicted octanol–water partition coefficient (Wildman–Crippen LogP) is 4.71. The second-order valence-electron chi connectivity index (χ2n) is 5.45. The summed E-state index contributed by atoms with van der Waals surface area (Å²) < 4.78 is 6.55. The maximum absolute atomic E-state index is 12.8. The number of nitrogens with zero attached hydrogens (tertiary/aromatic N) is 1. The van der Waals surface area contributed by atoms with Gasteiger partial charge in [-0.05, 0) is 57.5 Å². The van der Waals surface area contributed by atoms with Crippen LogP contribution >= 0.6 is 15.9 Å². The molecule has 3 nitrogen and oxygen atoms in total. The number of halogens is 1. The highest BCUT2D eigenvalue weighted by atomic mass is 79.9. The van der Waals surface area contributed by atoms with Crippen molar-refractivity contribution in [2.24, 2.45) is 0 Å². The monoisotopic (exact) mass is 349 g/mol. The number of benzene rings is 1. The summed E-state index contributed by atoms with van der Waals surface area (Å²) in [6, 6.07) is 9.64. The Kier molecular flexibility index (Phi) is 4.88. The van der Waals surface area contributed by atoms with Gasteiger partial charge in [0.05, 0.1) is 6.54 Å². The minimum absolute atomic E-state index is 0.0258. The summed E-state index contributed by atoms with van der Waals surface area (Å²) in [5.74, 6) is 1.69. The molecule has 0 spiro atoms. The first kappa shape index (κ1) is 15.8. The van der Waals surface area contributed by atoms with Gasteiger partial charge < -0.3 is 9.32 Å². The van der Waals surface area contributed by atoms with Gasteiger partial charge in [0.25, 0.3) is 5.91 Å². The van der Waals surface area contributed by atoms with Crippen molar-refractivity contribution in [1.82, 2.24) is 4.90 Å². The summed E-state index contributed by atoms with van der Waals surface area (Å²) in [6.45, 7) is 8.37. The van der Waals surface area contributed by atoms with Crippen LogP contribution in [0.3, 0.4) is 0 Å². The van der Waals surface area contributed by atoms with E-state index >= 15 is 0 Å². The van der Waals surface area contributed by atoms with Crippen LogP contribution in [0.25, 0.3) is 0 Å². The Morgan fingerprint density at radius 2 is 1.95 bits per heavy atom. The first-order valence-electron chi connectivity index (χ1n) is 7.01. The molecule has 112 valence electrons. The van der Waals surface area contributed by atoms with Crippen molar-refractivity contribution in [3.63, 3.8) is 0 Å².